The maximum absolute atomic E-state index is 13.7. The third-order valence-electron chi connectivity index (χ3n) is 5.18. The molecule has 0 fully saturated rings. The van der Waals surface area contributed by atoms with Crippen LogP contribution in [0.1, 0.15) is 0 Å². The van der Waals surface area contributed by atoms with E-state index < -0.39 is 20.3 Å². The van der Waals surface area contributed by atoms with Crippen molar-refractivity contribution in [3.8, 4) is 51.6 Å². The van der Waals surface area contributed by atoms with Crippen LogP contribution < -0.4 is 43.7 Å². The van der Waals surface area contributed by atoms with Crippen LogP contribution in [-0.4, -0.2) is 58.2 Å². The Morgan fingerprint density at radius 2 is 1.17 bits per heavy atom. The van der Waals surface area contributed by atoms with Gasteiger partial charge in [-0.15, -0.1) is 0 Å². The van der Waals surface area contributed by atoms with Gasteiger partial charge in [-0.05, 0) is 6.07 Å². The highest BCUT2D eigenvalue weighted by Crippen LogP contribution is 2.52. The molecule has 35 heavy (non-hydrogen) atoms. The normalized spacial score (nSPS) is 11.2. The van der Waals surface area contributed by atoms with Crippen molar-refractivity contribution >= 4 is 21.0 Å². The first-order valence-electron chi connectivity index (χ1n) is 9.83. The van der Waals surface area contributed by atoms with Crippen LogP contribution in [0, 0.1) is 0 Å². The zero-order chi connectivity index (χ0) is 26.1. The largest absolute Gasteiger partial charge is 0.493 e. The first-order chi connectivity index (χ1) is 16.6. The van der Waals surface area contributed by atoms with Gasteiger partial charge >= 0.3 is 0 Å². The zero-order valence-corrected chi connectivity index (χ0v) is 20.9. The standard InChI is InChI=1S/C22H25NO11S/c1-27-11-8-10(13(35(23,25)26)9-12(11)28-2)16-19(30-4)15(24)14-17(29-3)20(31-5)22(33-7)21(32-6)18(14)34-16/h8-9H,1-7H3,(H2,23,25,26). The molecule has 0 radical (unpaired) electrons. The van der Waals surface area contributed by atoms with Crippen LogP contribution in [0.3, 0.4) is 0 Å². The summed E-state index contributed by atoms with van der Waals surface area (Å²) in [6.45, 7) is 0. The van der Waals surface area contributed by atoms with Crippen molar-refractivity contribution in [1.29, 1.82) is 0 Å². The molecule has 1 aromatic heterocycles. The number of hydrogen-bond donors (Lipinski definition) is 1. The Hall–Kier alpha value is -3.84. The molecule has 0 spiro atoms. The van der Waals surface area contributed by atoms with Crippen molar-refractivity contribution in [2.75, 3.05) is 49.8 Å². The Morgan fingerprint density at radius 3 is 1.63 bits per heavy atom. The third kappa shape index (κ3) is 4.12. The highest BCUT2D eigenvalue weighted by molar-refractivity contribution is 7.89. The molecule has 3 rings (SSSR count). The highest BCUT2D eigenvalue weighted by Gasteiger charge is 2.32. The van der Waals surface area contributed by atoms with Gasteiger partial charge in [0.05, 0.1) is 54.7 Å². The van der Waals surface area contributed by atoms with E-state index in [1.54, 1.807) is 0 Å². The molecule has 2 N–H and O–H groups in total. The fraction of sp³-hybridized carbons (Fsp3) is 0.318. The summed E-state index contributed by atoms with van der Waals surface area (Å²) >= 11 is 0. The van der Waals surface area contributed by atoms with Crippen molar-refractivity contribution in [2.24, 2.45) is 5.14 Å². The van der Waals surface area contributed by atoms with Crippen LogP contribution >= 0.6 is 0 Å². The lowest BCUT2D eigenvalue weighted by atomic mass is 10.1. The molecule has 0 aliphatic carbocycles. The van der Waals surface area contributed by atoms with E-state index in [2.05, 4.69) is 0 Å². The topological polar surface area (TPSA) is 155 Å². The maximum Gasteiger partial charge on any atom is 0.239 e. The number of benzene rings is 2. The van der Waals surface area contributed by atoms with Crippen LogP contribution in [0.25, 0.3) is 22.3 Å². The summed E-state index contributed by atoms with van der Waals surface area (Å²) in [5, 5.41) is 5.39. The molecule has 1 heterocycles. The summed E-state index contributed by atoms with van der Waals surface area (Å²) in [7, 11) is 4.97. The first kappa shape index (κ1) is 25.8. The molecule has 0 bridgehead atoms. The molecule has 0 aliphatic heterocycles. The quantitative estimate of drug-likeness (QED) is 0.449. The van der Waals surface area contributed by atoms with Crippen molar-refractivity contribution in [3.05, 3.63) is 22.4 Å². The average Bonchev–Trinajstić information content (AvgIpc) is 2.85. The summed E-state index contributed by atoms with van der Waals surface area (Å²) < 4.78 is 68.6. The van der Waals surface area contributed by atoms with Gasteiger partial charge in [-0.2, -0.15) is 0 Å². The Labute approximate surface area is 201 Å². The van der Waals surface area contributed by atoms with E-state index >= 15 is 0 Å². The lowest BCUT2D eigenvalue weighted by Crippen LogP contribution is -2.15. The van der Waals surface area contributed by atoms with E-state index in [0.29, 0.717) is 0 Å². The van der Waals surface area contributed by atoms with Crippen molar-refractivity contribution in [1.82, 2.24) is 0 Å². The molecule has 0 saturated carbocycles. The minimum absolute atomic E-state index is 0.00112. The molecular weight excluding hydrogens is 486 g/mol. The average molecular weight is 512 g/mol. The van der Waals surface area contributed by atoms with E-state index in [1.807, 2.05) is 0 Å². The van der Waals surface area contributed by atoms with Crippen LogP contribution in [0.2, 0.25) is 0 Å². The molecule has 0 amide bonds. The minimum atomic E-state index is -4.34. The van der Waals surface area contributed by atoms with E-state index in [-0.39, 0.29) is 62.5 Å². The van der Waals surface area contributed by atoms with Gasteiger partial charge in [-0.25, -0.2) is 13.6 Å². The Bertz CT molecular complexity index is 1440. The van der Waals surface area contributed by atoms with Gasteiger partial charge in [-0.1, -0.05) is 0 Å². The number of sulfonamides is 1. The van der Waals surface area contributed by atoms with Crippen molar-refractivity contribution in [3.63, 3.8) is 0 Å². The number of ether oxygens (including phenoxy) is 7. The van der Waals surface area contributed by atoms with E-state index in [4.69, 9.17) is 42.7 Å². The highest BCUT2D eigenvalue weighted by atomic mass is 32.2. The van der Waals surface area contributed by atoms with Crippen LogP contribution in [0.15, 0.2) is 26.2 Å². The predicted octanol–water partition coefficient (Wildman–Crippen LogP) is 2.17. The van der Waals surface area contributed by atoms with Gasteiger partial charge in [0.15, 0.2) is 28.6 Å². The number of hydrogen-bond acceptors (Lipinski definition) is 11. The lowest BCUT2D eigenvalue weighted by Gasteiger charge is -2.19. The maximum atomic E-state index is 13.7. The molecule has 13 heteroatoms. The Kier molecular flexibility index (Phi) is 7.22. The lowest BCUT2D eigenvalue weighted by molar-refractivity contribution is 0.306. The summed E-state index contributed by atoms with van der Waals surface area (Å²) in [5.74, 6) is -0.193. The number of rotatable bonds is 9. The minimum Gasteiger partial charge on any atom is -0.493 e. The third-order valence-corrected chi connectivity index (χ3v) is 6.13. The second kappa shape index (κ2) is 9.80. The summed E-state index contributed by atoms with van der Waals surface area (Å²) in [4.78, 5) is 13.3. The molecule has 0 unspecified atom stereocenters. The van der Waals surface area contributed by atoms with E-state index in [1.165, 1.54) is 55.8 Å². The molecule has 3 aromatic rings. The number of nitrogens with two attached hydrogens (primary N) is 1. The second-order valence-electron chi connectivity index (χ2n) is 6.88. The molecule has 2 aromatic carbocycles. The van der Waals surface area contributed by atoms with Crippen molar-refractivity contribution in [2.45, 2.75) is 4.90 Å². The fourth-order valence-corrected chi connectivity index (χ4v) is 4.42. The van der Waals surface area contributed by atoms with Gasteiger partial charge in [-0.3, -0.25) is 4.79 Å². The van der Waals surface area contributed by atoms with E-state index in [9.17, 15) is 13.2 Å². The molecule has 0 aliphatic rings. The van der Waals surface area contributed by atoms with E-state index in [0.717, 1.165) is 6.07 Å². The molecule has 0 atom stereocenters. The Morgan fingerprint density at radius 1 is 0.686 bits per heavy atom. The zero-order valence-electron chi connectivity index (χ0n) is 20.1. The molecule has 12 nitrogen and oxygen atoms in total. The van der Waals surface area contributed by atoms with Gasteiger partial charge in [0.1, 0.15) is 5.39 Å². The smallest absolute Gasteiger partial charge is 0.239 e. The number of primary sulfonamides is 1. The van der Waals surface area contributed by atoms with Gasteiger partial charge in [0.25, 0.3) is 0 Å². The van der Waals surface area contributed by atoms with Crippen LogP contribution in [0.4, 0.5) is 0 Å². The second-order valence-corrected chi connectivity index (χ2v) is 8.41. The SMILES string of the molecule is COc1cc(-c2oc3c(OC)c(OC)c(OC)c(OC)c3c(=O)c2OC)c(S(N)(=O)=O)cc1OC. The molecule has 0 saturated heterocycles. The fourth-order valence-electron chi connectivity index (χ4n) is 3.69. The van der Waals surface area contributed by atoms with Gasteiger partial charge < -0.3 is 37.6 Å². The number of fused-ring (bicyclic) bond motifs is 1. The summed E-state index contributed by atoms with van der Waals surface area (Å²) in [6, 6.07) is 2.45. The van der Waals surface area contributed by atoms with Gasteiger partial charge in [0.2, 0.25) is 38.5 Å². The summed E-state index contributed by atoms with van der Waals surface area (Å²) in [5.41, 5.74) is -0.926. The predicted molar refractivity (Wildman–Crippen MR) is 125 cm³/mol. The molecular formula is C22H25NO11S. The van der Waals surface area contributed by atoms with Gasteiger partial charge in [0, 0.05) is 11.6 Å². The summed E-state index contributed by atoms with van der Waals surface area (Å²) in [6.07, 6.45) is 0. The number of methoxy groups -OCH3 is 7. The Balaban J connectivity index is 2.64. The van der Waals surface area contributed by atoms with Crippen molar-refractivity contribution < 1.29 is 46.0 Å². The van der Waals surface area contributed by atoms with Crippen LogP contribution in [-0.2, 0) is 10.0 Å². The monoisotopic (exact) mass is 511 g/mol. The van der Waals surface area contributed by atoms with Crippen LogP contribution in [0.5, 0.6) is 40.2 Å². The first-order valence-corrected chi connectivity index (χ1v) is 11.4. The molecule has 190 valence electrons.